The Morgan fingerprint density at radius 3 is 2.58 bits per heavy atom. The SMILES string of the molecule is Cc1ccc(S(=O)(=O)n2ccc3c(N4CCC(O)C4)nc(Cl)nc32)cc1. The lowest BCUT2D eigenvalue weighted by Gasteiger charge is -2.17. The lowest BCUT2D eigenvalue weighted by molar-refractivity contribution is 0.198. The van der Waals surface area contributed by atoms with Gasteiger partial charge < -0.3 is 10.0 Å². The molecule has 1 fully saturated rings. The van der Waals surface area contributed by atoms with E-state index in [-0.39, 0.29) is 15.8 Å². The molecule has 1 saturated heterocycles. The van der Waals surface area contributed by atoms with Gasteiger partial charge in [-0.15, -0.1) is 0 Å². The summed E-state index contributed by atoms with van der Waals surface area (Å²) in [7, 11) is -3.81. The number of aliphatic hydroxyl groups excluding tert-OH is 1. The maximum Gasteiger partial charge on any atom is 0.269 e. The van der Waals surface area contributed by atoms with Crippen LogP contribution in [0, 0.1) is 6.92 Å². The second kappa shape index (κ2) is 6.22. The molecule has 0 radical (unpaired) electrons. The van der Waals surface area contributed by atoms with E-state index in [0.29, 0.717) is 30.7 Å². The number of β-amino-alcohol motifs (C(OH)–C–C–N with tert-alkyl or cyclic N) is 1. The Hall–Kier alpha value is -2.16. The van der Waals surface area contributed by atoms with Gasteiger partial charge in [-0.2, -0.15) is 9.97 Å². The summed E-state index contributed by atoms with van der Waals surface area (Å²) >= 11 is 6.06. The van der Waals surface area contributed by atoms with Gasteiger partial charge in [0.2, 0.25) is 5.28 Å². The smallest absolute Gasteiger partial charge is 0.269 e. The van der Waals surface area contributed by atoms with Crippen molar-refractivity contribution in [3.8, 4) is 0 Å². The number of hydrogen-bond donors (Lipinski definition) is 1. The van der Waals surface area contributed by atoms with Crippen LogP contribution in [0.2, 0.25) is 5.28 Å². The first kappa shape index (κ1) is 17.3. The van der Waals surface area contributed by atoms with Gasteiger partial charge in [0.05, 0.1) is 16.4 Å². The molecule has 1 N–H and O–H groups in total. The predicted octanol–water partition coefficient (Wildman–Crippen LogP) is 2.20. The molecule has 4 rings (SSSR count). The fourth-order valence-electron chi connectivity index (χ4n) is 3.14. The average molecular weight is 393 g/mol. The van der Waals surface area contributed by atoms with Crippen LogP contribution < -0.4 is 4.90 Å². The highest BCUT2D eigenvalue weighted by atomic mass is 35.5. The van der Waals surface area contributed by atoms with Crippen molar-refractivity contribution in [1.82, 2.24) is 13.9 Å². The summed E-state index contributed by atoms with van der Waals surface area (Å²) in [5.74, 6) is 0.536. The first-order valence-electron chi connectivity index (χ1n) is 8.16. The van der Waals surface area contributed by atoms with Gasteiger partial charge in [0.25, 0.3) is 10.0 Å². The van der Waals surface area contributed by atoms with Crippen LogP contribution in [0.5, 0.6) is 0 Å². The topological polar surface area (TPSA) is 88.3 Å². The summed E-state index contributed by atoms with van der Waals surface area (Å²) < 4.78 is 27.2. The van der Waals surface area contributed by atoms with Crippen LogP contribution in [0.25, 0.3) is 11.0 Å². The van der Waals surface area contributed by atoms with Crippen molar-refractivity contribution in [2.24, 2.45) is 0 Å². The molecular weight excluding hydrogens is 376 g/mol. The summed E-state index contributed by atoms with van der Waals surface area (Å²) in [5.41, 5.74) is 1.20. The minimum Gasteiger partial charge on any atom is -0.391 e. The molecular formula is C17H17ClN4O3S. The van der Waals surface area contributed by atoms with Crippen molar-refractivity contribution in [3.05, 3.63) is 47.4 Å². The zero-order valence-corrected chi connectivity index (χ0v) is 15.6. The Morgan fingerprint density at radius 1 is 1.19 bits per heavy atom. The van der Waals surface area contributed by atoms with E-state index in [0.717, 1.165) is 9.54 Å². The number of nitrogens with zero attached hydrogens (tertiary/aromatic N) is 4. The number of aliphatic hydroxyl groups is 1. The summed E-state index contributed by atoms with van der Waals surface area (Å²) in [6.07, 6.45) is 1.66. The molecule has 0 aliphatic carbocycles. The van der Waals surface area contributed by atoms with E-state index in [1.165, 1.54) is 6.20 Å². The van der Waals surface area contributed by atoms with E-state index in [1.807, 2.05) is 11.8 Å². The number of aromatic nitrogens is 3. The minimum absolute atomic E-state index is 0.0343. The third kappa shape index (κ3) is 2.84. The number of benzene rings is 1. The van der Waals surface area contributed by atoms with E-state index in [9.17, 15) is 13.5 Å². The first-order valence-corrected chi connectivity index (χ1v) is 9.98. The molecule has 1 aliphatic heterocycles. The quantitative estimate of drug-likeness (QED) is 0.687. The van der Waals surface area contributed by atoms with E-state index < -0.39 is 16.1 Å². The zero-order chi connectivity index (χ0) is 18.5. The summed E-state index contributed by atoms with van der Waals surface area (Å²) in [6, 6.07) is 8.29. The lowest BCUT2D eigenvalue weighted by Crippen LogP contribution is -2.23. The van der Waals surface area contributed by atoms with Gasteiger partial charge in [-0.25, -0.2) is 12.4 Å². The number of hydrogen-bond acceptors (Lipinski definition) is 6. The molecule has 136 valence electrons. The van der Waals surface area contributed by atoms with Gasteiger partial charge in [0.1, 0.15) is 5.82 Å². The van der Waals surface area contributed by atoms with Crippen molar-refractivity contribution in [2.45, 2.75) is 24.3 Å². The number of anilines is 1. The molecule has 0 saturated carbocycles. The van der Waals surface area contributed by atoms with Crippen LogP contribution in [0.4, 0.5) is 5.82 Å². The predicted molar refractivity (Wildman–Crippen MR) is 99.1 cm³/mol. The molecule has 3 aromatic rings. The fraction of sp³-hybridized carbons (Fsp3) is 0.294. The van der Waals surface area contributed by atoms with Gasteiger partial charge in [-0.1, -0.05) is 17.7 Å². The second-order valence-corrected chi connectivity index (χ2v) is 8.52. The Morgan fingerprint density at radius 2 is 1.92 bits per heavy atom. The first-order chi connectivity index (χ1) is 12.4. The molecule has 1 unspecified atom stereocenters. The van der Waals surface area contributed by atoms with Crippen molar-refractivity contribution in [3.63, 3.8) is 0 Å². The summed E-state index contributed by atoms with van der Waals surface area (Å²) in [5, 5.41) is 10.3. The molecule has 0 bridgehead atoms. The Balaban J connectivity index is 1.87. The van der Waals surface area contributed by atoms with Crippen LogP contribution in [0.1, 0.15) is 12.0 Å². The zero-order valence-electron chi connectivity index (χ0n) is 14.0. The number of rotatable bonds is 3. The number of halogens is 1. The van der Waals surface area contributed by atoms with Crippen LogP contribution in [-0.2, 0) is 10.0 Å². The van der Waals surface area contributed by atoms with Gasteiger partial charge in [0.15, 0.2) is 5.65 Å². The molecule has 9 heteroatoms. The Labute approximate surface area is 155 Å². The maximum atomic E-state index is 13.0. The third-order valence-electron chi connectivity index (χ3n) is 4.50. The number of aryl methyl sites for hydroxylation is 1. The van der Waals surface area contributed by atoms with Crippen molar-refractivity contribution in [1.29, 1.82) is 0 Å². The standard InChI is InChI=1S/C17H17ClN4O3S/c1-11-2-4-13(5-3-11)26(24,25)22-9-7-14-15(19-17(18)20-16(14)22)21-8-6-12(23)10-21/h2-5,7,9,12,23H,6,8,10H2,1H3. The van der Waals surface area contributed by atoms with Gasteiger partial charge >= 0.3 is 0 Å². The summed E-state index contributed by atoms with van der Waals surface area (Å²) in [4.78, 5) is 10.5. The number of fused-ring (bicyclic) bond motifs is 1. The van der Waals surface area contributed by atoms with E-state index in [2.05, 4.69) is 9.97 Å². The van der Waals surface area contributed by atoms with Gasteiger partial charge in [0, 0.05) is 19.3 Å². The summed E-state index contributed by atoms with van der Waals surface area (Å²) in [6.45, 7) is 2.95. The highest BCUT2D eigenvalue weighted by molar-refractivity contribution is 7.90. The van der Waals surface area contributed by atoms with Gasteiger partial charge in [-0.3, -0.25) is 0 Å². The van der Waals surface area contributed by atoms with E-state index >= 15 is 0 Å². The highest BCUT2D eigenvalue weighted by Crippen LogP contribution is 2.30. The molecule has 3 heterocycles. The molecule has 2 aromatic heterocycles. The molecule has 0 amide bonds. The van der Waals surface area contributed by atoms with Crippen LogP contribution >= 0.6 is 11.6 Å². The van der Waals surface area contributed by atoms with Crippen LogP contribution in [0.3, 0.4) is 0 Å². The highest BCUT2D eigenvalue weighted by Gasteiger charge is 2.27. The molecule has 0 spiro atoms. The third-order valence-corrected chi connectivity index (χ3v) is 6.35. The molecule has 1 atom stereocenters. The van der Waals surface area contributed by atoms with Crippen LogP contribution in [-0.4, -0.2) is 46.7 Å². The molecule has 7 nitrogen and oxygen atoms in total. The largest absolute Gasteiger partial charge is 0.391 e. The fourth-order valence-corrected chi connectivity index (χ4v) is 4.60. The monoisotopic (exact) mass is 392 g/mol. The normalized spacial score (nSPS) is 18.0. The van der Waals surface area contributed by atoms with E-state index in [4.69, 9.17) is 11.6 Å². The van der Waals surface area contributed by atoms with Crippen molar-refractivity contribution < 1.29 is 13.5 Å². The van der Waals surface area contributed by atoms with Crippen molar-refractivity contribution >= 4 is 38.5 Å². The minimum atomic E-state index is -3.81. The molecule has 1 aromatic carbocycles. The Kier molecular flexibility index (Phi) is 4.13. The average Bonchev–Trinajstić information content (AvgIpc) is 3.21. The van der Waals surface area contributed by atoms with Crippen LogP contribution in [0.15, 0.2) is 41.4 Å². The second-order valence-electron chi connectivity index (χ2n) is 6.37. The lowest BCUT2D eigenvalue weighted by atomic mass is 10.2. The Bertz CT molecular complexity index is 1080. The van der Waals surface area contributed by atoms with Gasteiger partial charge in [-0.05, 0) is 43.1 Å². The molecule has 26 heavy (non-hydrogen) atoms. The van der Waals surface area contributed by atoms with Crippen molar-refractivity contribution in [2.75, 3.05) is 18.0 Å². The molecule has 1 aliphatic rings. The maximum absolute atomic E-state index is 13.0. The van der Waals surface area contributed by atoms with E-state index in [1.54, 1.807) is 30.3 Å².